The molecule has 0 aromatic carbocycles. The van der Waals surface area contributed by atoms with E-state index in [1.165, 1.54) is 0 Å². The Hall–Kier alpha value is -0.0800. The van der Waals surface area contributed by atoms with Gasteiger partial charge in [-0.15, -0.1) is 0 Å². The molecule has 0 amide bonds. The minimum absolute atomic E-state index is 0.00215. The van der Waals surface area contributed by atoms with Crippen molar-refractivity contribution in [3.05, 3.63) is 0 Å². The van der Waals surface area contributed by atoms with Gasteiger partial charge in [-0.05, 0) is 11.8 Å². The second kappa shape index (κ2) is 3.55. The molecule has 11 heavy (non-hydrogen) atoms. The molecule has 0 aliphatic rings. The molecule has 0 aromatic rings. The average Bonchev–Trinajstić information content (AvgIpc) is 1.81. The topological polar surface area (TPSA) is 52.0 Å². The Morgan fingerprint density at radius 3 is 1.82 bits per heavy atom. The molecule has 0 aliphatic heterocycles. The van der Waals surface area contributed by atoms with Gasteiger partial charge in [-0.3, -0.25) is 0 Å². The maximum Gasteiger partial charge on any atom is 0.0686 e. The normalized spacial score (nSPS) is 13.6. The summed E-state index contributed by atoms with van der Waals surface area (Å²) in [4.78, 5) is 0. The van der Waals surface area contributed by atoms with Crippen LogP contribution in [0.1, 0.15) is 47.0 Å². The van der Waals surface area contributed by atoms with Crippen molar-refractivity contribution in [2.75, 3.05) is 0 Å². The number of nitrogens with two attached hydrogens (primary N) is 2. The summed E-state index contributed by atoms with van der Waals surface area (Å²) in [6, 6.07) is 0. The predicted molar refractivity (Wildman–Crippen MR) is 50.1 cm³/mol. The minimum atomic E-state index is -0.511. The zero-order valence-corrected chi connectivity index (χ0v) is 8.28. The first-order chi connectivity index (χ1) is 4.81. The van der Waals surface area contributed by atoms with E-state index in [0.29, 0.717) is 0 Å². The van der Waals surface area contributed by atoms with Crippen molar-refractivity contribution in [3.8, 4) is 0 Å². The molecule has 2 heteroatoms. The van der Waals surface area contributed by atoms with Gasteiger partial charge in [0.25, 0.3) is 0 Å². The van der Waals surface area contributed by atoms with E-state index in [1.54, 1.807) is 0 Å². The molecule has 0 radical (unpaired) electrons. The maximum atomic E-state index is 5.96. The molecule has 0 fully saturated rings. The Bertz CT molecular complexity index is 111. The first kappa shape index (κ1) is 10.9. The Morgan fingerprint density at radius 2 is 1.55 bits per heavy atom. The molecule has 0 spiro atoms. The van der Waals surface area contributed by atoms with Gasteiger partial charge in [0.15, 0.2) is 0 Å². The first-order valence-electron chi connectivity index (χ1n) is 4.39. The summed E-state index contributed by atoms with van der Waals surface area (Å²) in [6.07, 6.45) is 3.18. The van der Waals surface area contributed by atoms with Crippen molar-refractivity contribution in [3.63, 3.8) is 0 Å². The van der Waals surface area contributed by atoms with E-state index in [0.717, 1.165) is 19.3 Å². The van der Waals surface area contributed by atoms with Crippen LogP contribution in [-0.4, -0.2) is 5.66 Å². The van der Waals surface area contributed by atoms with Crippen LogP contribution in [0.2, 0.25) is 0 Å². The van der Waals surface area contributed by atoms with Crippen molar-refractivity contribution >= 4 is 0 Å². The Labute approximate surface area is 70.3 Å². The highest BCUT2D eigenvalue weighted by molar-refractivity contribution is 4.89. The van der Waals surface area contributed by atoms with Crippen LogP contribution in [0.15, 0.2) is 0 Å². The van der Waals surface area contributed by atoms with Gasteiger partial charge in [-0.25, -0.2) is 0 Å². The lowest BCUT2D eigenvalue weighted by Crippen LogP contribution is -2.59. The SMILES string of the molecule is CCCCC(N)(N)C(C)(C)C. The van der Waals surface area contributed by atoms with Gasteiger partial charge in [0, 0.05) is 0 Å². The summed E-state index contributed by atoms with van der Waals surface area (Å²) in [5, 5.41) is 0. The van der Waals surface area contributed by atoms with E-state index in [1.807, 2.05) is 0 Å². The van der Waals surface area contributed by atoms with E-state index in [-0.39, 0.29) is 5.41 Å². The molecule has 0 heterocycles. The lowest BCUT2D eigenvalue weighted by Gasteiger charge is -2.38. The highest BCUT2D eigenvalue weighted by Gasteiger charge is 2.33. The van der Waals surface area contributed by atoms with Crippen LogP contribution in [0.3, 0.4) is 0 Å². The molecule has 2 nitrogen and oxygen atoms in total. The van der Waals surface area contributed by atoms with E-state index in [4.69, 9.17) is 11.5 Å². The van der Waals surface area contributed by atoms with E-state index in [9.17, 15) is 0 Å². The predicted octanol–water partition coefficient (Wildman–Crippen LogP) is 1.84. The summed E-state index contributed by atoms with van der Waals surface area (Å²) >= 11 is 0. The fourth-order valence-corrected chi connectivity index (χ4v) is 0.844. The van der Waals surface area contributed by atoms with Gasteiger partial charge in [0.05, 0.1) is 5.66 Å². The minimum Gasteiger partial charge on any atom is -0.313 e. The van der Waals surface area contributed by atoms with Crippen molar-refractivity contribution < 1.29 is 0 Å². The fourth-order valence-electron chi connectivity index (χ4n) is 0.844. The van der Waals surface area contributed by atoms with Gasteiger partial charge in [0.2, 0.25) is 0 Å². The summed E-state index contributed by atoms with van der Waals surface area (Å²) in [5.74, 6) is 0. The largest absolute Gasteiger partial charge is 0.313 e. The lowest BCUT2D eigenvalue weighted by atomic mass is 9.79. The molecule has 4 N–H and O–H groups in total. The Morgan fingerprint density at radius 1 is 1.09 bits per heavy atom. The van der Waals surface area contributed by atoms with E-state index in [2.05, 4.69) is 27.7 Å². The van der Waals surface area contributed by atoms with Crippen LogP contribution in [0, 0.1) is 5.41 Å². The standard InChI is InChI=1S/C9H22N2/c1-5-6-7-9(10,11)8(2,3)4/h5-7,10-11H2,1-4H3. The third-order valence-electron chi connectivity index (χ3n) is 2.34. The highest BCUT2D eigenvalue weighted by atomic mass is 15.0. The second-order valence-corrected chi connectivity index (χ2v) is 4.39. The zero-order chi connectivity index (χ0) is 9.12. The Balaban J connectivity index is 4.00. The van der Waals surface area contributed by atoms with Gasteiger partial charge in [-0.2, -0.15) is 0 Å². The number of hydrogen-bond acceptors (Lipinski definition) is 2. The third kappa shape index (κ3) is 3.21. The van der Waals surface area contributed by atoms with Crippen molar-refractivity contribution in [2.24, 2.45) is 16.9 Å². The Kier molecular flexibility index (Phi) is 3.52. The molecule has 0 aromatic heterocycles. The highest BCUT2D eigenvalue weighted by Crippen LogP contribution is 2.27. The summed E-state index contributed by atoms with van der Waals surface area (Å²) in [7, 11) is 0. The lowest BCUT2D eigenvalue weighted by molar-refractivity contribution is 0.177. The first-order valence-corrected chi connectivity index (χ1v) is 4.39. The molecular formula is C9H22N2. The summed E-state index contributed by atoms with van der Waals surface area (Å²) in [6.45, 7) is 8.41. The van der Waals surface area contributed by atoms with Crippen molar-refractivity contribution in [1.29, 1.82) is 0 Å². The fraction of sp³-hybridized carbons (Fsp3) is 1.00. The van der Waals surface area contributed by atoms with Gasteiger partial charge in [0.1, 0.15) is 0 Å². The van der Waals surface area contributed by atoms with Crippen molar-refractivity contribution in [2.45, 2.75) is 52.6 Å². The van der Waals surface area contributed by atoms with E-state index < -0.39 is 5.66 Å². The number of hydrogen-bond donors (Lipinski definition) is 2. The monoisotopic (exact) mass is 158 g/mol. The van der Waals surface area contributed by atoms with Gasteiger partial charge < -0.3 is 11.5 Å². The molecule has 0 bridgehead atoms. The number of rotatable bonds is 3. The molecule has 68 valence electrons. The quantitative estimate of drug-likeness (QED) is 0.616. The smallest absolute Gasteiger partial charge is 0.0686 e. The second-order valence-electron chi connectivity index (χ2n) is 4.39. The zero-order valence-electron chi connectivity index (χ0n) is 8.28. The molecule has 0 atom stereocenters. The van der Waals surface area contributed by atoms with Crippen molar-refractivity contribution in [1.82, 2.24) is 0 Å². The molecule has 0 saturated carbocycles. The van der Waals surface area contributed by atoms with Gasteiger partial charge in [-0.1, -0.05) is 40.5 Å². The van der Waals surface area contributed by atoms with Crippen LogP contribution in [0.25, 0.3) is 0 Å². The molecule has 0 saturated heterocycles. The van der Waals surface area contributed by atoms with Gasteiger partial charge >= 0.3 is 0 Å². The molecular weight excluding hydrogens is 136 g/mol. The molecule has 0 unspecified atom stereocenters. The molecule has 0 rings (SSSR count). The van der Waals surface area contributed by atoms with Crippen LogP contribution in [0.4, 0.5) is 0 Å². The van der Waals surface area contributed by atoms with E-state index >= 15 is 0 Å². The van der Waals surface area contributed by atoms with Crippen LogP contribution in [-0.2, 0) is 0 Å². The maximum absolute atomic E-state index is 5.96. The average molecular weight is 158 g/mol. The summed E-state index contributed by atoms with van der Waals surface area (Å²) in [5.41, 5.74) is 11.4. The van der Waals surface area contributed by atoms with Crippen LogP contribution in [0.5, 0.6) is 0 Å². The summed E-state index contributed by atoms with van der Waals surface area (Å²) < 4.78 is 0. The number of unbranched alkanes of at least 4 members (excludes halogenated alkanes) is 1. The van der Waals surface area contributed by atoms with Crippen LogP contribution < -0.4 is 11.5 Å². The molecule has 0 aliphatic carbocycles. The van der Waals surface area contributed by atoms with Crippen LogP contribution >= 0.6 is 0 Å². The third-order valence-corrected chi connectivity index (χ3v) is 2.34.